The lowest BCUT2D eigenvalue weighted by molar-refractivity contribution is 0.0613. The fraction of sp³-hybridized carbons (Fsp3) is 0.588. The zero-order valence-corrected chi connectivity index (χ0v) is 14.8. The monoisotopic (exact) mass is 366 g/mol. The number of imidazole rings is 1. The molecule has 2 aromatic rings. The summed E-state index contributed by atoms with van der Waals surface area (Å²) in [6, 6.07) is 6.30. The van der Waals surface area contributed by atoms with Crippen molar-refractivity contribution in [1.29, 1.82) is 0 Å². The van der Waals surface area contributed by atoms with Gasteiger partial charge in [0.2, 0.25) is 0 Å². The molecule has 0 amide bonds. The standard InChI is InChI=1S/C17H23BrN2O2/c1-3-22-12(2)11-20-16-10-14(18)4-5-15(16)19-17(20)13-6-8-21-9-7-13/h4-5,10,12-13H,3,6-9,11H2,1-2H3/t12-/m1/s1. The Labute approximate surface area is 139 Å². The van der Waals surface area contributed by atoms with Crippen molar-refractivity contribution in [3.63, 3.8) is 0 Å². The molecule has 22 heavy (non-hydrogen) atoms. The summed E-state index contributed by atoms with van der Waals surface area (Å²) in [6.45, 7) is 7.41. The number of hydrogen-bond donors (Lipinski definition) is 0. The third kappa shape index (κ3) is 3.36. The molecule has 0 unspecified atom stereocenters. The highest BCUT2D eigenvalue weighted by atomic mass is 79.9. The summed E-state index contributed by atoms with van der Waals surface area (Å²) in [5, 5.41) is 0. The number of halogens is 1. The van der Waals surface area contributed by atoms with Gasteiger partial charge in [-0.3, -0.25) is 0 Å². The summed E-state index contributed by atoms with van der Waals surface area (Å²) in [6.07, 6.45) is 2.28. The van der Waals surface area contributed by atoms with Crippen LogP contribution in [0.4, 0.5) is 0 Å². The fourth-order valence-electron chi connectivity index (χ4n) is 3.17. The zero-order chi connectivity index (χ0) is 15.5. The predicted octanol–water partition coefficient (Wildman–Crippen LogP) is 4.12. The third-order valence-corrected chi connectivity index (χ3v) is 4.71. The molecule has 1 aromatic heterocycles. The molecule has 0 bridgehead atoms. The molecule has 120 valence electrons. The zero-order valence-electron chi connectivity index (χ0n) is 13.2. The van der Waals surface area contributed by atoms with Crippen LogP contribution in [0.3, 0.4) is 0 Å². The van der Waals surface area contributed by atoms with Crippen molar-refractivity contribution < 1.29 is 9.47 Å². The molecule has 1 atom stereocenters. The van der Waals surface area contributed by atoms with Crippen LogP contribution in [0.1, 0.15) is 38.4 Å². The highest BCUT2D eigenvalue weighted by molar-refractivity contribution is 9.10. The summed E-state index contributed by atoms with van der Waals surface area (Å²) >= 11 is 3.58. The van der Waals surface area contributed by atoms with E-state index in [0.29, 0.717) is 5.92 Å². The highest BCUT2D eigenvalue weighted by Crippen LogP contribution is 2.31. The molecule has 0 aliphatic carbocycles. The predicted molar refractivity (Wildman–Crippen MR) is 91.3 cm³/mol. The Morgan fingerprint density at radius 2 is 2.18 bits per heavy atom. The van der Waals surface area contributed by atoms with Gasteiger partial charge >= 0.3 is 0 Å². The summed E-state index contributed by atoms with van der Waals surface area (Å²) in [7, 11) is 0. The molecule has 5 heteroatoms. The van der Waals surface area contributed by atoms with Gasteiger partial charge in [-0.05, 0) is 44.9 Å². The quantitative estimate of drug-likeness (QED) is 0.798. The molecular weight excluding hydrogens is 344 g/mol. The van der Waals surface area contributed by atoms with Crippen molar-refractivity contribution >= 4 is 27.0 Å². The van der Waals surface area contributed by atoms with Crippen LogP contribution >= 0.6 is 15.9 Å². The lowest BCUT2D eigenvalue weighted by Crippen LogP contribution is -2.22. The van der Waals surface area contributed by atoms with E-state index in [9.17, 15) is 0 Å². The van der Waals surface area contributed by atoms with Crippen molar-refractivity contribution in [3.05, 3.63) is 28.5 Å². The summed E-state index contributed by atoms with van der Waals surface area (Å²) < 4.78 is 14.7. The lowest BCUT2D eigenvalue weighted by atomic mass is 9.99. The van der Waals surface area contributed by atoms with E-state index >= 15 is 0 Å². The maximum absolute atomic E-state index is 5.75. The van der Waals surface area contributed by atoms with Crippen LogP contribution in [0, 0.1) is 0 Å². The number of rotatable bonds is 5. The van der Waals surface area contributed by atoms with Crippen LogP contribution in [0.25, 0.3) is 11.0 Å². The van der Waals surface area contributed by atoms with Gasteiger partial charge in [0.05, 0.1) is 23.7 Å². The SMILES string of the molecule is CCO[C@H](C)Cn1c(C2CCOCC2)nc2ccc(Br)cc21. The van der Waals surface area contributed by atoms with E-state index in [1.807, 2.05) is 6.92 Å². The van der Waals surface area contributed by atoms with Gasteiger partial charge < -0.3 is 14.0 Å². The first-order chi connectivity index (χ1) is 10.7. The van der Waals surface area contributed by atoms with Crippen molar-refractivity contribution in [3.8, 4) is 0 Å². The normalized spacial score (nSPS) is 18.0. The summed E-state index contributed by atoms with van der Waals surface area (Å²) in [5.41, 5.74) is 2.25. The number of aromatic nitrogens is 2. The summed E-state index contributed by atoms with van der Waals surface area (Å²) in [4.78, 5) is 4.92. The molecule has 1 aliphatic heterocycles. The first-order valence-corrected chi connectivity index (χ1v) is 8.83. The van der Waals surface area contributed by atoms with E-state index in [0.717, 1.165) is 49.2 Å². The molecule has 4 nitrogen and oxygen atoms in total. The Balaban J connectivity index is 2.00. The van der Waals surface area contributed by atoms with Gasteiger partial charge in [0.1, 0.15) is 5.82 Å². The molecule has 0 radical (unpaired) electrons. The second-order valence-corrected chi connectivity index (χ2v) is 6.78. The minimum atomic E-state index is 0.181. The molecule has 2 heterocycles. The van der Waals surface area contributed by atoms with Gasteiger partial charge in [0.15, 0.2) is 0 Å². The first-order valence-electron chi connectivity index (χ1n) is 8.04. The fourth-order valence-corrected chi connectivity index (χ4v) is 3.52. The van der Waals surface area contributed by atoms with E-state index < -0.39 is 0 Å². The Morgan fingerprint density at radius 3 is 2.91 bits per heavy atom. The second-order valence-electron chi connectivity index (χ2n) is 5.87. The average Bonchev–Trinajstić information content (AvgIpc) is 2.86. The molecule has 0 saturated carbocycles. The van der Waals surface area contributed by atoms with Gasteiger partial charge in [-0.25, -0.2) is 4.98 Å². The van der Waals surface area contributed by atoms with Crippen LogP contribution in [0.15, 0.2) is 22.7 Å². The van der Waals surface area contributed by atoms with Crippen LogP contribution in [0.5, 0.6) is 0 Å². The van der Waals surface area contributed by atoms with E-state index in [4.69, 9.17) is 14.5 Å². The minimum absolute atomic E-state index is 0.181. The Bertz CT molecular complexity index is 635. The van der Waals surface area contributed by atoms with Gasteiger partial charge in [-0.15, -0.1) is 0 Å². The van der Waals surface area contributed by atoms with E-state index in [1.54, 1.807) is 0 Å². The lowest BCUT2D eigenvalue weighted by Gasteiger charge is -2.24. The number of ether oxygens (including phenoxy) is 2. The van der Waals surface area contributed by atoms with Gasteiger partial charge in [-0.1, -0.05) is 15.9 Å². The minimum Gasteiger partial charge on any atom is -0.381 e. The Kier molecular flexibility index (Phi) is 5.16. The largest absolute Gasteiger partial charge is 0.381 e. The number of benzene rings is 1. The van der Waals surface area contributed by atoms with Crippen molar-refractivity contribution in [2.45, 2.75) is 45.3 Å². The number of nitrogens with zero attached hydrogens (tertiary/aromatic N) is 2. The van der Waals surface area contributed by atoms with Crippen molar-refractivity contribution in [2.75, 3.05) is 19.8 Å². The van der Waals surface area contributed by atoms with Crippen LogP contribution in [-0.4, -0.2) is 35.5 Å². The van der Waals surface area contributed by atoms with E-state index in [2.05, 4.69) is 45.6 Å². The molecule has 1 fully saturated rings. The Morgan fingerprint density at radius 1 is 1.41 bits per heavy atom. The van der Waals surface area contributed by atoms with Crippen molar-refractivity contribution in [2.24, 2.45) is 0 Å². The number of fused-ring (bicyclic) bond motifs is 1. The Hall–Kier alpha value is -0.910. The van der Waals surface area contributed by atoms with Gasteiger partial charge in [0.25, 0.3) is 0 Å². The van der Waals surface area contributed by atoms with Crippen LogP contribution in [0.2, 0.25) is 0 Å². The van der Waals surface area contributed by atoms with Crippen LogP contribution in [-0.2, 0) is 16.0 Å². The maximum atomic E-state index is 5.75. The maximum Gasteiger partial charge on any atom is 0.113 e. The molecule has 1 aromatic carbocycles. The highest BCUT2D eigenvalue weighted by Gasteiger charge is 2.23. The van der Waals surface area contributed by atoms with Crippen LogP contribution < -0.4 is 0 Å². The van der Waals surface area contributed by atoms with Crippen molar-refractivity contribution in [1.82, 2.24) is 9.55 Å². The van der Waals surface area contributed by atoms with E-state index in [-0.39, 0.29) is 6.10 Å². The average molecular weight is 367 g/mol. The van der Waals surface area contributed by atoms with Gasteiger partial charge in [0, 0.05) is 30.2 Å². The molecule has 0 spiro atoms. The molecule has 1 saturated heterocycles. The smallest absolute Gasteiger partial charge is 0.113 e. The third-order valence-electron chi connectivity index (χ3n) is 4.22. The summed E-state index contributed by atoms with van der Waals surface area (Å²) in [5.74, 6) is 1.66. The molecular formula is C17H23BrN2O2. The number of hydrogen-bond acceptors (Lipinski definition) is 3. The van der Waals surface area contributed by atoms with E-state index in [1.165, 1.54) is 11.3 Å². The molecule has 0 N–H and O–H groups in total. The molecule has 3 rings (SSSR count). The van der Waals surface area contributed by atoms with Gasteiger partial charge in [-0.2, -0.15) is 0 Å². The molecule has 1 aliphatic rings. The topological polar surface area (TPSA) is 36.3 Å². The second kappa shape index (κ2) is 7.11. The first kappa shape index (κ1) is 16.0.